The smallest absolute Gasteiger partial charge is 0.306 e. The van der Waals surface area contributed by atoms with E-state index in [4.69, 9.17) is 14.2 Å². The van der Waals surface area contributed by atoms with Crippen LogP contribution >= 0.6 is 0 Å². The molecule has 0 saturated heterocycles. The zero-order valence-corrected chi connectivity index (χ0v) is 49.7. The third-order valence-electron chi connectivity index (χ3n) is 13.5. The van der Waals surface area contributed by atoms with Crippen LogP contribution in [0.3, 0.4) is 0 Å². The Labute approximate surface area is 470 Å². The van der Waals surface area contributed by atoms with E-state index < -0.39 is 6.10 Å². The summed E-state index contributed by atoms with van der Waals surface area (Å²) in [5.74, 6) is -0.919. The second-order valence-corrected chi connectivity index (χ2v) is 20.9. The van der Waals surface area contributed by atoms with E-state index in [-0.39, 0.29) is 31.1 Å². The van der Waals surface area contributed by atoms with Crippen LogP contribution in [0.1, 0.15) is 297 Å². The number of ether oxygens (including phenoxy) is 3. The van der Waals surface area contributed by atoms with Gasteiger partial charge in [-0.2, -0.15) is 0 Å². The van der Waals surface area contributed by atoms with Gasteiger partial charge in [0.1, 0.15) is 13.2 Å². The maximum Gasteiger partial charge on any atom is 0.306 e. The first-order valence-corrected chi connectivity index (χ1v) is 31.9. The summed E-state index contributed by atoms with van der Waals surface area (Å²) in [6, 6.07) is 0. The molecule has 0 fully saturated rings. The van der Waals surface area contributed by atoms with Crippen LogP contribution in [0.4, 0.5) is 0 Å². The first kappa shape index (κ1) is 72.1. The summed E-state index contributed by atoms with van der Waals surface area (Å²) in [6.45, 7) is 6.49. The molecule has 76 heavy (non-hydrogen) atoms. The van der Waals surface area contributed by atoms with Crippen LogP contribution in [0, 0.1) is 0 Å². The van der Waals surface area contributed by atoms with E-state index in [0.29, 0.717) is 19.3 Å². The van der Waals surface area contributed by atoms with Crippen LogP contribution in [0.5, 0.6) is 0 Å². The van der Waals surface area contributed by atoms with Gasteiger partial charge in [-0.05, 0) is 109 Å². The fourth-order valence-corrected chi connectivity index (χ4v) is 8.75. The van der Waals surface area contributed by atoms with Crippen LogP contribution in [0.15, 0.2) is 109 Å². The highest BCUT2D eigenvalue weighted by molar-refractivity contribution is 5.71. The van der Waals surface area contributed by atoms with Crippen molar-refractivity contribution in [3.8, 4) is 0 Å². The van der Waals surface area contributed by atoms with Gasteiger partial charge in [-0.3, -0.25) is 14.4 Å². The fourth-order valence-electron chi connectivity index (χ4n) is 8.75. The number of carbonyl (C=O) groups excluding carboxylic acids is 3. The molecule has 0 bridgehead atoms. The highest BCUT2D eigenvalue weighted by Gasteiger charge is 2.19. The van der Waals surface area contributed by atoms with Gasteiger partial charge in [-0.1, -0.05) is 278 Å². The van der Waals surface area contributed by atoms with Crippen molar-refractivity contribution in [3.63, 3.8) is 0 Å². The average Bonchev–Trinajstić information content (AvgIpc) is 3.42. The lowest BCUT2D eigenvalue weighted by Crippen LogP contribution is -2.30. The SMILES string of the molecule is CC/C=C\C/C=C\C/C=C\C/C=C\C/C=C\C/C=C\C/C=C\CCCCCC(=O)OCC(COC(=O)CCCCCCCCCCCCCCCC)OC(=O)CCCCCCCCCCC/C=C\C/C=C\CCCCC. The topological polar surface area (TPSA) is 78.9 Å². The van der Waals surface area contributed by atoms with E-state index >= 15 is 0 Å². The van der Waals surface area contributed by atoms with Gasteiger partial charge in [-0.25, -0.2) is 0 Å². The quantitative estimate of drug-likeness (QED) is 0.0261. The van der Waals surface area contributed by atoms with Crippen LogP contribution in [-0.4, -0.2) is 37.2 Å². The van der Waals surface area contributed by atoms with Crippen molar-refractivity contribution in [2.24, 2.45) is 0 Å². The van der Waals surface area contributed by atoms with Gasteiger partial charge in [0.05, 0.1) is 0 Å². The van der Waals surface area contributed by atoms with Crippen molar-refractivity contribution >= 4 is 17.9 Å². The number of esters is 3. The monoisotopic (exact) mass is 1050 g/mol. The molecule has 0 aromatic heterocycles. The summed E-state index contributed by atoms with van der Waals surface area (Å²) in [6.07, 6.45) is 86.5. The Morgan fingerprint density at radius 1 is 0.276 bits per heavy atom. The summed E-state index contributed by atoms with van der Waals surface area (Å²) in [5, 5.41) is 0. The maximum atomic E-state index is 12.9. The Bertz CT molecular complexity index is 1540. The number of hydrogen-bond donors (Lipinski definition) is 0. The third kappa shape index (κ3) is 60.9. The minimum atomic E-state index is -0.796. The maximum absolute atomic E-state index is 12.9. The Balaban J connectivity index is 4.43. The fraction of sp³-hybridized carbons (Fsp3) is 0.700. The van der Waals surface area contributed by atoms with E-state index in [1.54, 1.807) is 0 Å². The molecule has 0 amide bonds. The molecule has 6 heteroatoms. The molecular weight excluding hydrogens is 937 g/mol. The first-order chi connectivity index (χ1) is 37.5. The lowest BCUT2D eigenvalue weighted by atomic mass is 10.0. The minimum Gasteiger partial charge on any atom is -0.462 e. The Morgan fingerprint density at radius 3 is 0.842 bits per heavy atom. The molecule has 0 heterocycles. The highest BCUT2D eigenvalue weighted by Crippen LogP contribution is 2.16. The molecule has 0 aromatic rings. The van der Waals surface area contributed by atoms with Gasteiger partial charge >= 0.3 is 17.9 Å². The lowest BCUT2D eigenvalue weighted by molar-refractivity contribution is -0.167. The highest BCUT2D eigenvalue weighted by atomic mass is 16.6. The van der Waals surface area contributed by atoms with Gasteiger partial charge in [0, 0.05) is 19.3 Å². The lowest BCUT2D eigenvalue weighted by Gasteiger charge is -2.18. The van der Waals surface area contributed by atoms with E-state index in [0.717, 1.165) is 116 Å². The average molecular weight is 1060 g/mol. The molecule has 6 nitrogen and oxygen atoms in total. The molecule has 0 aromatic carbocycles. The predicted octanol–water partition coefficient (Wildman–Crippen LogP) is 21.8. The van der Waals surface area contributed by atoms with Crippen molar-refractivity contribution in [3.05, 3.63) is 109 Å². The summed E-state index contributed by atoms with van der Waals surface area (Å²) >= 11 is 0. The normalized spacial score (nSPS) is 12.8. The number of carbonyl (C=O) groups is 3. The second-order valence-electron chi connectivity index (χ2n) is 20.9. The van der Waals surface area contributed by atoms with Crippen LogP contribution in [0.25, 0.3) is 0 Å². The molecule has 0 spiro atoms. The van der Waals surface area contributed by atoms with Gasteiger partial charge in [0.15, 0.2) is 6.10 Å². The Morgan fingerprint density at radius 2 is 0.513 bits per heavy atom. The van der Waals surface area contributed by atoms with Crippen LogP contribution in [-0.2, 0) is 28.6 Å². The molecule has 434 valence electrons. The van der Waals surface area contributed by atoms with Crippen LogP contribution in [0.2, 0.25) is 0 Å². The standard InChI is InChI=1S/C70H118O6/c1-4-7-10-13-16-19-22-25-28-30-32-33-34-35-36-37-39-40-42-45-48-51-54-57-60-63-69(72)75-66-67(65-74-68(71)62-59-56-53-50-47-44-27-24-21-18-15-12-9-6-3)76-70(73)64-61-58-55-52-49-46-43-41-38-31-29-26-23-20-17-14-11-8-5-2/h7,10,16-17,19-20,25-26,28-29,32-33,35-36,39-40,45,48,67H,4-6,8-9,11-15,18,21-24,27,30-31,34,37-38,41-44,46-47,49-66H2,1-3H3/b10-7-,19-16-,20-17-,28-25-,29-26-,33-32-,36-35-,40-39-,48-45-. The summed E-state index contributed by atoms with van der Waals surface area (Å²) in [4.78, 5) is 38.3. The van der Waals surface area contributed by atoms with E-state index in [9.17, 15) is 14.4 Å². The molecule has 0 rings (SSSR count). The molecular formula is C70H118O6. The van der Waals surface area contributed by atoms with Gasteiger partial charge in [0.2, 0.25) is 0 Å². The van der Waals surface area contributed by atoms with Crippen molar-refractivity contribution < 1.29 is 28.6 Å². The summed E-state index contributed by atoms with van der Waals surface area (Å²) in [5.41, 5.74) is 0. The molecule has 0 saturated carbocycles. The zero-order chi connectivity index (χ0) is 55.0. The predicted molar refractivity (Wildman–Crippen MR) is 330 cm³/mol. The number of rotatable bonds is 57. The number of unbranched alkanes of at least 4 members (excludes halogenated alkanes) is 28. The van der Waals surface area contributed by atoms with E-state index in [1.165, 1.54) is 141 Å². The molecule has 1 atom stereocenters. The van der Waals surface area contributed by atoms with Crippen molar-refractivity contribution in [1.29, 1.82) is 0 Å². The van der Waals surface area contributed by atoms with Crippen molar-refractivity contribution in [2.45, 2.75) is 303 Å². The molecule has 0 aliphatic carbocycles. The van der Waals surface area contributed by atoms with Gasteiger partial charge in [0.25, 0.3) is 0 Å². The number of allylic oxidation sites excluding steroid dienone is 18. The number of hydrogen-bond acceptors (Lipinski definition) is 6. The second kappa shape index (κ2) is 63.6. The molecule has 1 unspecified atom stereocenters. The van der Waals surface area contributed by atoms with Crippen molar-refractivity contribution in [2.75, 3.05) is 13.2 Å². The van der Waals surface area contributed by atoms with E-state index in [2.05, 4.69) is 130 Å². The molecule has 0 aliphatic rings. The Kier molecular flexibility index (Phi) is 60.3. The van der Waals surface area contributed by atoms with Crippen LogP contribution < -0.4 is 0 Å². The molecule has 0 aliphatic heterocycles. The summed E-state index contributed by atoms with van der Waals surface area (Å²) in [7, 11) is 0. The Hall–Kier alpha value is -3.93. The van der Waals surface area contributed by atoms with Gasteiger partial charge in [-0.15, -0.1) is 0 Å². The van der Waals surface area contributed by atoms with Gasteiger partial charge < -0.3 is 14.2 Å². The first-order valence-electron chi connectivity index (χ1n) is 31.9. The third-order valence-corrected chi connectivity index (χ3v) is 13.5. The summed E-state index contributed by atoms with van der Waals surface area (Å²) < 4.78 is 16.9. The minimum absolute atomic E-state index is 0.0891. The molecule has 0 N–H and O–H groups in total. The van der Waals surface area contributed by atoms with E-state index in [1.807, 2.05) is 0 Å². The molecule has 0 radical (unpaired) electrons. The zero-order valence-electron chi connectivity index (χ0n) is 49.7. The largest absolute Gasteiger partial charge is 0.462 e. The van der Waals surface area contributed by atoms with Crippen molar-refractivity contribution in [1.82, 2.24) is 0 Å².